The van der Waals surface area contributed by atoms with E-state index in [0.29, 0.717) is 24.9 Å². The van der Waals surface area contributed by atoms with Crippen LogP contribution in [0.2, 0.25) is 0 Å². The summed E-state index contributed by atoms with van der Waals surface area (Å²) in [6.45, 7) is 11.2. The zero-order valence-corrected chi connectivity index (χ0v) is 19.5. The molecule has 168 valence electrons. The first-order valence-corrected chi connectivity index (χ1v) is 12.0. The van der Waals surface area contributed by atoms with E-state index in [9.17, 15) is 4.79 Å². The number of hydrogen-bond acceptors (Lipinski definition) is 5. The van der Waals surface area contributed by atoms with Crippen LogP contribution in [-0.2, 0) is 22.5 Å². The number of morpholine rings is 1. The van der Waals surface area contributed by atoms with Gasteiger partial charge in [-0.3, -0.25) is 14.7 Å². The predicted octanol–water partition coefficient (Wildman–Crippen LogP) is 1.93. The molecule has 1 fully saturated rings. The molecule has 8 heteroatoms. The van der Waals surface area contributed by atoms with Crippen molar-refractivity contribution in [3.05, 3.63) is 21.9 Å². The van der Waals surface area contributed by atoms with Crippen LogP contribution in [0.3, 0.4) is 0 Å². The first-order valence-electron chi connectivity index (χ1n) is 11.2. The van der Waals surface area contributed by atoms with E-state index in [4.69, 9.17) is 4.74 Å². The van der Waals surface area contributed by atoms with Crippen LogP contribution in [0.4, 0.5) is 0 Å². The normalized spacial score (nSPS) is 18.9. The molecule has 1 aromatic rings. The first kappa shape index (κ1) is 23.0. The van der Waals surface area contributed by atoms with Crippen molar-refractivity contribution in [2.75, 3.05) is 53.0 Å². The number of thiophene rings is 1. The zero-order valence-electron chi connectivity index (χ0n) is 18.7. The van der Waals surface area contributed by atoms with Gasteiger partial charge in [0.1, 0.15) is 0 Å². The Bertz CT molecular complexity index is 699. The van der Waals surface area contributed by atoms with Crippen LogP contribution in [0.5, 0.6) is 0 Å². The number of aliphatic imine (C=N–C) groups is 1. The minimum Gasteiger partial charge on any atom is -0.379 e. The SMILES string of the molecule is CN=C(NCCC(=O)N1CCc2sccc2C1)NCC(CC(C)C)N1CCOCC1. The average molecular weight is 436 g/mol. The van der Waals surface area contributed by atoms with Crippen LogP contribution >= 0.6 is 11.3 Å². The molecule has 1 saturated heterocycles. The van der Waals surface area contributed by atoms with E-state index >= 15 is 0 Å². The summed E-state index contributed by atoms with van der Waals surface area (Å²) in [6, 6.07) is 2.60. The fourth-order valence-electron chi connectivity index (χ4n) is 4.19. The second kappa shape index (κ2) is 11.7. The third kappa shape index (κ3) is 6.68. The molecule has 1 amide bonds. The molecule has 30 heavy (non-hydrogen) atoms. The quantitative estimate of drug-likeness (QED) is 0.482. The molecule has 1 aromatic heterocycles. The molecule has 1 unspecified atom stereocenters. The lowest BCUT2D eigenvalue weighted by atomic mass is 10.0. The van der Waals surface area contributed by atoms with Gasteiger partial charge in [-0.1, -0.05) is 13.8 Å². The summed E-state index contributed by atoms with van der Waals surface area (Å²) >= 11 is 1.80. The van der Waals surface area contributed by atoms with E-state index in [1.54, 1.807) is 18.4 Å². The third-order valence-corrected chi connectivity index (χ3v) is 6.85. The molecule has 0 aromatic carbocycles. The summed E-state index contributed by atoms with van der Waals surface area (Å²) < 4.78 is 5.51. The maximum atomic E-state index is 12.6. The molecule has 0 aliphatic carbocycles. The molecule has 0 spiro atoms. The molecular formula is C22H37N5O2S. The van der Waals surface area contributed by atoms with Crippen molar-refractivity contribution in [1.82, 2.24) is 20.4 Å². The Labute approximate surface area is 184 Å². The number of fused-ring (bicyclic) bond motifs is 1. The third-order valence-electron chi connectivity index (χ3n) is 5.83. The van der Waals surface area contributed by atoms with Crippen LogP contribution < -0.4 is 10.6 Å². The summed E-state index contributed by atoms with van der Waals surface area (Å²) in [5.74, 6) is 1.62. The molecule has 3 heterocycles. The van der Waals surface area contributed by atoms with Crippen molar-refractivity contribution in [3.63, 3.8) is 0 Å². The summed E-state index contributed by atoms with van der Waals surface area (Å²) in [6.07, 6.45) is 2.61. The van der Waals surface area contributed by atoms with Crippen LogP contribution in [-0.4, -0.2) is 80.7 Å². The Balaban J connectivity index is 1.41. The van der Waals surface area contributed by atoms with Gasteiger partial charge in [0, 0.05) is 63.7 Å². The standard InChI is InChI=1S/C22H37N5O2S/c1-17(2)14-19(26-9-11-29-12-10-26)15-25-22(23-3)24-7-4-21(28)27-8-5-20-18(16-27)6-13-30-20/h6,13,17,19H,4-5,7-12,14-16H2,1-3H3,(H2,23,24,25). The van der Waals surface area contributed by atoms with Gasteiger partial charge in [-0.25, -0.2) is 0 Å². The van der Waals surface area contributed by atoms with E-state index in [2.05, 4.69) is 45.8 Å². The number of carbonyl (C=O) groups is 1. The van der Waals surface area contributed by atoms with Crippen molar-refractivity contribution in [3.8, 4) is 0 Å². The second-order valence-electron chi connectivity index (χ2n) is 8.50. The Morgan fingerprint density at radius 1 is 1.27 bits per heavy atom. The Morgan fingerprint density at radius 3 is 2.80 bits per heavy atom. The van der Waals surface area contributed by atoms with Gasteiger partial charge >= 0.3 is 0 Å². The van der Waals surface area contributed by atoms with E-state index < -0.39 is 0 Å². The predicted molar refractivity (Wildman–Crippen MR) is 123 cm³/mol. The van der Waals surface area contributed by atoms with E-state index in [1.165, 1.54) is 10.4 Å². The largest absolute Gasteiger partial charge is 0.379 e. The molecule has 0 bridgehead atoms. The van der Waals surface area contributed by atoms with Gasteiger partial charge in [0.05, 0.1) is 13.2 Å². The number of hydrogen-bond donors (Lipinski definition) is 2. The lowest BCUT2D eigenvalue weighted by Crippen LogP contribution is -2.51. The molecule has 2 aliphatic heterocycles. The highest BCUT2D eigenvalue weighted by atomic mass is 32.1. The summed E-state index contributed by atoms with van der Waals surface area (Å²) in [4.78, 5) is 22.9. The van der Waals surface area contributed by atoms with Crippen LogP contribution in [0.25, 0.3) is 0 Å². The van der Waals surface area contributed by atoms with Crippen molar-refractivity contribution >= 4 is 23.2 Å². The van der Waals surface area contributed by atoms with Crippen LogP contribution in [0.1, 0.15) is 37.1 Å². The van der Waals surface area contributed by atoms with Gasteiger partial charge in [-0.2, -0.15) is 0 Å². The van der Waals surface area contributed by atoms with Gasteiger partial charge in [0.2, 0.25) is 5.91 Å². The number of guanidine groups is 1. The Hall–Kier alpha value is -1.64. The maximum absolute atomic E-state index is 12.6. The summed E-state index contributed by atoms with van der Waals surface area (Å²) in [7, 11) is 1.78. The van der Waals surface area contributed by atoms with Crippen molar-refractivity contribution in [1.29, 1.82) is 0 Å². The molecule has 0 radical (unpaired) electrons. The van der Waals surface area contributed by atoms with E-state index in [1.807, 2.05) is 4.90 Å². The van der Waals surface area contributed by atoms with E-state index in [-0.39, 0.29) is 5.91 Å². The molecule has 2 aliphatic rings. The van der Waals surface area contributed by atoms with Gasteiger partial charge in [0.25, 0.3) is 0 Å². The topological polar surface area (TPSA) is 69.2 Å². The summed E-state index contributed by atoms with van der Waals surface area (Å²) in [5.41, 5.74) is 1.31. The Kier molecular flexibility index (Phi) is 8.96. The lowest BCUT2D eigenvalue weighted by molar-refractivity contribution is -0.131. The highest BCUT2D eigenvalue weighted by Crippen LogP contribution is 2.24. The van der Waals surface area contributed by atoms with Crippen molar-refractivity contribution in [2.24, 2.45) is 10.9 Å². The van der Waals surface area contributed by atoms with Crippen molar-refractivity contribution in [2.45, 2.75) is 45.7 Å². The average Bonchev–Trinajstić information content (AvgIpc) is 3.23. The van der Waals surface area contributed by atoms with Gasteiger partial charge < -0.3 is 20.3 Å². The maximum Gasteiger partial charge on any atom is 0.224 e. The highest BCUT2D eigenvalue weighted by Gasteiger charge is 2.23. The highest BCUT2D eigenvalue weighted by molar-refractivity contribution is 7.10. The lowest BCUT2D eigenvalue weighted by Gasteiger charge is -2.35. The summed E-state index contributed by atoms with van der Waals surface area (Å²) in [5, 5.41) is 8.91. The number of nitrogens with zero attached hydrogens (tertiary/aromatic N) is 3. The van der Waals surface area contributed by atoms with Gasteiger partial charge in [0.15, 0.2) is 5.96 Å². The number of ether oxygens (including phenoxy) is 1. The van der Waals surface area contributed by atoms with Crippen LogP contribution in [0, 0.1) is 5.92 Å². The molecule has 0 saturated carbocycles. The minimum absolute atomic E-state index is 0.209. The number of rotatable bonds is 8. The molecule has 1 atom stereocenters. The molecule has 2 N–H and O–H groups in total. The Morgan fingerprint density at radius 2 is 2.07 bits per heavy atom. The zero-order chi connectivity index (χ0) is 21.3. The number of carbonyl (C=O) groups excluding carboxylic acids is 1. The van der Waals surface area contributed by atoms with E-state index in [0.717, 1.165) is 64.7 Å². The number of amides is 1. The fraction of sp³-hybridized carbons (Fsp3) is 0.727. The molecule has 3 rings (SSSR count). The van der Waals surface area contributed by atoms with Gasteiger partial charge in [-0.15, -0.1) is 11.3 Å². The van der Waals surface area contributed by atoms with Gasteiger partial charge in [-0.05, 0) is 35.8 Å². The second-order valence-corrected chi connectivity index (χ2v) is 9.50. The minimum atomic E-state index is 0.209. The number of nitrogens with one attached hydrogen (secondary N) is 2. The first-order chi connectivity index (χ1) is 14.6. The fourth-order valence-corrected chi connectivity index (χ4v) is 5.08. The molecule has 7 nitrogen and oxygen atoms in total. The molecular weight excluding hydrogens is 398 g/mol. The van der Waals surface area contributed by atoms with Crippen molar-refractivity contribution < 1.29 is 9.53 Å². The smallest absolute Gasteiger partial charge is 0.224 e. The monoisotopic (exact) mass is 435 g/mol. The van der Waals surface area contributed by atoms with Crippen LogP contribution in [0.15, 0.2) is 16.4 Å².